The number of hydroxylamine groups is 2. The lowest BCUT2D eigenvalue weighted by Gasteiger charge is -2.37. The minimum absolute atomic E-state index is 0.192. The zero-order chi connectivity index (χ0) is 11.2. The number of hydrogen-bond donors (Lipinski definition) is 0. The zero-order valence-corrected chi connectivity index (χ0v) is 9.50. The lowest BCUT2D eigenvalue weighted by molar-refractivity contribution is -0.145. The smallest absolute Gasteiger partial charge is 0.302 e. The van der Waals surface area contributed by atoms with E-state index in [1.807, 2.05) is 13.8 Å². The SMILES string of the molecule is CCC(CC)(COC(C)=O)CN(C)[O-]. The molecule has 0 aliphatic rings. The third-order valence-electron chi connectivity index (χ3n) is 2.64. The predicted molar refractivity (Wildman–Crippen MR) is 55.6 cm³/mol. The molecule has 0 spiro atoms. The van der Waals surface area contributed by atoms with E-state index in [2.05, 4.69) is 0 Å². The summed E-state index contributed by atoms with van der Waals surface area (Å²) in [5.41, 5.74) is -0.192. The number of nitrogens with zero attached hydrogens (tertiary/aromatic N) is 1. The van der Waals surface area contributed by atoms with E-state index in [1.165, 1.54) is 14.0 Å². The third kappa shape index (κ3) is 4.58. The molecule has 0 aromatic rings. The lowest BCUT2D eigenvalue weighted by Crippen LogP contribution is -2.36. The molecule has 0 aromatic carbocycles. The van der Waals surface area contributed by atoms with Crippen molar-refractivity contribution in [3.63, 3.8) is 0 Å². The first-order valence-corrected chi connectivity index (χ1v) is 4.97. The summed E-state index contributed by atoms with van der Waals surface area (Å²) in [6.45, 7) is 6.15. The van der Waals surface area contributed by atoms with E-state index in [9.17, 15) is 10.0 Å². The highest BCUT2D eigenvalue weighted by atomic mass is 16.5. The van der Waals surface area contributed by atoms with Crippen molar-refractivity contribution < 1.29 is 9.53 Å². The van der Waals surface area contributed by atoms with Crippen LogP contribution in [0.4, 0.5) is 0 Å². The Morgan fingerprint density at radius 2 is 1.93 bits per heavy atom. The summed E-state index contributed by atoms with van der Waals surface area (Å²) in [7, 11) is 1.49. The topological polar surface area (TPSA) is 52.6 Å². The van der Waals surface area contributed by atoms with Gasteiger partial charge in [0, 0.05) is 12.3 Å². The molecule has 0 atom stereocenters. The van der Waals surface area contributed by atoms with Crippen molar-refractivity contribution in [2.45, 2.75) is 33.6 Å². The van der Waals surface area contributed by atoms with E-state index in [4.69, 9.17) is 4.74 Å². The largest absolute Gasteiger partial charge is 0.785 e. The minimum atomic E-state index is -0.287. The normalized spacial score (nSPS) is 11.9. The second-order valence-electron chi connectivity index (χ2n) is 3.77. The number of carbonyl (C=O) groups excluding carboxylic acids is 1. The molecule has 0 aromatic heterocycles. The fourth-order valence-corrected chi connectivity index (χ4v) is 1.45. The lowest BCUT2D eigenvalue weighted by atomic mass is 9.83. The van der Waals surface area contributed by atoms with Crippen LogP contribution in [0.5, 0.6) is 0 Å². The van der Waals surface area contributed by atoms with Crippen LogP contribution in [0.25, 0.3) is 0 Å². The molecule has 0 rings (SSSR count). The van der Waals surface area contributed by atoms with Crippen LogP contribution >= 0.6 is 0 Å². The molecule has 84 valence electrons. The second-order valence-corrected chi connectivity index (χ2v) is 3.77. The summed E-state index contributed by atoms with van der Waals surface area (Å²) >= 11 is 0. The van der Waals surface area contributed by atoms with Gasteiger partial charge in [-0.15, -0.1) is 0 Å². The van der Waals surface area contributed by atoms with Crippen LogP contribution in [0.15, 0.2) is 0 Å². The van der Waals surface area contributed by atoms with Gasteiger partial charge in [0.05, 0.1) is 6.61 Å². The third-order valence-corrected chi connectivity index (χ3v) is 2.64. The van der Waals surface area contributed by atoms with Gasteiger partial charge in [-0.3, -0.25) is 4.79 Å². The molecule has 0 radical (unpaired) electrons. The molecule has 0 heterocycles. The van der Waals surface area contributed by atoms with E-state index in [0.29, 0.717) is 13.2 Å². The first kappa shape index (κ1) is 13.4. The molecule has 0 aliphatic carbocycles. The summed E-state index contributed by atoms with van der Waals surface area (Å²) in [6, 6.07) is 0. The highest BCUT2D eigenvalue weighted by molar-refractivity contribution is 5.65. The van der Waals surface area contributed by atoms with Crippen LogP contribution < -0.4 is 0 Å². The molecule has 0 N–H and O–H groups in total. The van der Waals surface area contributed by atoms with Crippen molar-refractivity contribution >= 4 is 5.97 Å². The van der Waals surface area contributed by atoms with Crippen LogP contribution in [-0.4, -0.2) is 31.2 Å². The van der Waals surface area contributed by atoms with Gasteiger partial charge in [0.15, 0.2) is 0 Å². The molecule has 0 fully saturated rings. The molecule has 14 heavy (non-hydrogen) atoms. The van der Waals surface area contributed by atoms with Gasteiger partial charge < -0.3 is 15.0 Å². The standard InChI is InChI=1S/C10H20NO3/c1-5-10(6-2,7-11(4)13)8-14-9(3)12/h5-8H2,1-4H3/q-1. The van der Waals surface area contributed by atoms with E-state index < -0.39 is 0 Å². The average molecular weight is 202 g/mol. The summed E-state index contributed by atoms with van der Waals surface area (Å²) in [6.07, 6.45) is 1.67. The van der Waals surface area contributed by atoms with Crippen LogP contribution in [0.2, 0.25) is 0 Å². The van der Waals surface area contributed by atoms with Crippen LogP contribution in [0.3, 0.4) is 0 Å². The second kappa shape index (κ2) is 5.98. The maximum absolute atomic E-state index is 11.0. The molecular formula is C10H20NO3-. The van der Waals surface area contributed by atoms with Crippen molar-refractivity contribution in [1.29, 1.82) is 0 Å². The van der Waals surface area contributed by atoms with Crippen molar-refractivity contribution in [3.8, 4) is 0 Å². The van der Waals surface area contributed by atoms with Gasteiger partial charge >= 0.3 is 5.97 Å². The van der Waals surface area contributed by atoms with Gasteiger partial charge in [-0.05, 0) is 26.4 Å². The Morgan fingerprint density at radius 1 is 1.43 bits per heavy atom. The van der Waals surface area contributed by atoms with E-state index >= 15 is 0 Å². The van der Waals surface area contributed by atoms with Crippen LogP contribution in [-0.2, 0) is 9.53 Å². The van der Waals surface area contributed by atoms with Gasteiger partial charge in [-0.1, -0.05) is 13.8 Å². The maximum Gasteiger partial charge on any atom is 0.302 e. The highest BCUT2D eigenvalue weighted by Crippen LogP contribution is 2.27. The Hall–Kier alpha value is -0.610. The zero-order valence-electron chi connectivity index (χ0n) is 9.50. The summed E-state index contributed by atoms with van der Waals surface area (Å²) in [4.78, 5) is 10.7. The number of hydrogen-bond acceptors (Lipinski definition) is 4. The molecule has 4 heteroatoms. The number of rotatable bonds is 6. The fourth-order valence-electron chi connectivity index (χ4n) is 1.45. The van der Waals surface area contributed by atoms with Crippen molar-refractivity contribution in [2.24, 2.45) is 5.41 Å². The summed E-state index contributed by atoms with van der Waals surface area (Å²) < 4.78 is 4.99. The minimum Gasteiger partial charge on any atom is -0.785 e. The fraction of sp³-hybridized carbons (Fsp3) is 0.900. The first-order chi connectivity index (χ1) is 6.45. The van der Waals surface area contributed by atoms with E-state index in [1.54, 1.807) is 0 Å². The molecule has 0 aliphatic heterocycles. The molecule has 0 saturated carbocycles. The Morgan fingerprint density at radius 3 is 2.21 bits per heavy atom. The van der Waals surface area contributed by atoms with Crippen LogP contribution in [0, 0.1) is 10.6 Å². The molecule has 4 nitrogen and oxygen atoms in total. The molecule has 0 bridgehead atoms. The van der Waals surface area contributed by atoms with E-state index in [0.717, 1.165) is 17.9 Å². The van der Waals surface area contributed by atoms with Crippen molar-refractivity contribution in [1.82, 2.24) is 5.06 Å². The van der Waals surface area contributed by atoms with Crippen molar-refractivity contribution in [3.05, 3.63) is 5.21 Å². The molecule has 0 unspecified atom stereocenters. The summed E-state index contributed by atoms with van der Waals surface area (Å²) in [5, 5.41) is 11.9. The maximum atomic E-state index is 11.0. The van der Waals surface area contributed by atoms with Gasteiger partial charge in [0.1, 0.15) is 0 Å². The number of esters is 1. The molecular weight excluding hydrogens is 182 g/mol. The monoisotopic (exact) mass is 202 g/mol. The highest BCUT2D eigenvalue weighted by Gasteiger charge is 2.27. The van der Waals surface area contributed by atoms with Gasteiger partial charge in [-0.2, -0.15) is 0 Å². The quantitative estimate of drug-likeness (QED) is 0.486. The predicted octanol–water partition coefficient (Wildman–Crippen LogP) is 1.79. The number of ether oxygens (including phenoxy) is 1. The number of carbonyl (C=O) groups is 1. The van der Waals surface area contributed by atoms with Crippen molar-refractivity contribution in [2.75, 3.05) is 20.2 Å². The van der Waals surface area contributed by atoms with E-state index in [-0.39, 0.29) is 11.4 Å². The van der Waals surface area contributed by atoms with Gasteiger partial charge in [0.25, 0.3) is 0 Å². The average Bonchev–Trinajstić information content (AvgIpc) is 2.11. The summed E-state index contributed by atoms with van der Waals surface area (Å²) in [5.74, 6) is -0.287. The molecule has 0 saturated heterocycles. The Labute approximate surface area is 85.8 Å². The Balaban J connectivity index is 4.28. The molecule has 0 amide bonds. The van der Waals surface area contributed by atoms with Crippen LogP contribution in [0.1, 0.15) is 33.6 Å². The Kier molecular flexibility index (Phi) is 5.72. The first-order valence-electron chi connectivity index (χ1n) is 4.97. The Bertz CT molecular complexity index is 176. The van der Waals surface area contributed by atoms with Gasteiger partial charge in [-0.25, -0.2) is 0 Å². The van der Waals surface area contributed by atoms with Gasteiger partial charge in [0.2, 0.25) is 0 Å².